The molecule has 43 heavy (non-hydrogen) atoms. The molecule has 0 spiro atoms. The average Bonchev–Trinajstić information content (AvgIpc) is 3.35. The van der Waals surface area contributed by atoms with Crippen molar-refractivity contribution in [3.05, 3.63) is 81.7 Å². The largest absolute Gasteiger partial charge is 0.496 e. The van der Waals surface area contributed by atoms with Gasteiger partial charge in [0.1, 0.15) is 22.3 Å². The number of methoxy groups -OCH3 is 1. The number of rotatable bonds is 8. The Bertz CT molecular complexity index is 1740. The summed E-state index contributed by atoms with van der Waals surface area (Å²) in [6.07, 6.45) is 3.20. The van der Waals surface area contributed by atoms with Gasteiger partial charge < -0.3 is 15.0 Å². The second-order valence-electron chi connectivity index (χ2n) is 10.3. The molecule has 1 amide bonds. The van der Waals surface area contributed by atoms with Gasteiger partial charge in [0.15, 0.2) is 0 Å². The van der Waals surface area contributed by atoms with E-state index in [0.29, 0.717) is 17.4 Å². The topological polar surface area (TPSA) is 102 Å². The number of benzene rings is 3. The summed E-state index contributed by atoms with van der Waals surface area (Å²) in [5, 5.41) is 8.35. The highest BCUT2D eigenvalue weighted by Gasteiger charge is 2.33. The number of hydrogen-bond donors (Lipinski definition) is 2. The first-order chi connectivity index (χ1) is 20.0. The molecule has 3 N–H and O–H groups in total. The number of nitrogens with zero attached hydrogens (tertiary/aromatic N) is 1. The van der Waals surface area contributed by atoms with Crippen molar-refractivity contribution in [2.75, 3.05) is 14.2 Å². The third-order valence-corrected chi connectivity index (χ3v) is 10.4. The SMILES string of the molecule is CNC1CCC(N(Cc2cc(-c3ccc(S(N)(=O)=O)cc3)ccc2OC)C(=O)c2sc3c(F)ccc(F)c3c2Cl)CC1.Cl. The van der Waals surface area contributed by atoms with E-state index < -0.39 is 27.6 Å². The van der Waals surface area contributed by atoms with Crippen LogP contribution in [-0.4, -0.2) is 45.5 Å². The third kappa shape index (κ3) is 6.82. The van der Waals surface area contributed by atoms with Crippen LogP contribution >= 0.6 is 35.3 Å². The average molecular weight is 671 g/mol. The van der Waals surface area contributed by atoms with Gasteiger partial charge in [-0.25, -0.2) is 22.3 Å². The fraction of sp³-hybridized carbons (Fsp3) is 0.300. The van der Waals surface area contributed by atoms with E-state index in [1.54, 1.807) is 23.1 Å². The molecule has 5 rings (SSSR count). The summed E-state index contributed by atoms with van der Waals surface area (Å²) >= 11 is 7.39. The van der Waals surface area contributed by atoms with E-state index in [2.05, 4.69) is 5.32 Å². The molecule has 1 heterocycles. The van der Waals surface area contributed by atoms with Crippen molar-refractivity contribution in [2.45, 2.75) is 49.2 Å². The first kappa shape index (κ1) is 33.1. The minimum atomic E-state index is -3.84. The molecule has 1 fully saturated rings. The molecule has 0 bridgehead atoms. The van der Waals surface area contributed by atoms with Crippen LogP contribution in [-0.2, 0) is 16.6 Å². The van der Waals surface area contributed by atoms with Crippen LogP contribution in [0.3, 0.4) is 0 Å². The maximum atomic E-state index is 14.6. The summed E-state index contributed by atoms with van der Waals surface area (Å²) in [6, 6.07) is 13.9. The Balaban J connectivity index is 0.00000423. The Morgan fingerprint density at radius 3 is 2.26 bits per heavy atom. The summed E-state index contributed by atoms with van der Waals surface area (Å²) in [4.78, 5) is 16.0. The van der Waals surface area contributed by atoms with Crippen molar-refractivity contribution < 1.29 is 26.7 Å². The summed E-state index contributed by atoms with van der Waals surface area (Å²) < 4.78 is 58.3. The molecule has 13 heteroatoms. The van der Waals surface area contributed by atoms with Gasteiger partial charge in [-0.2, -0.15) is 0 Å². The quantitative estimate of drug-likeness (QED) is 0.216. The second-order valence-corrected chi connectivity index (χ2v) is 13.3. The summed E-state index contributed by atoms with van der Waals surface area (Å²) in [5.74, 6) is -1.17. The molecule has 4 aromatic rings. The lowest BCUT2D eigenvalue weighted by atomic mass is 9.89. The van der Waals surface area contributed by atoms with E-state index >= 15 is 0 Å². The predicted octanol–water partition coefficient (Wildman–Crippen LogP) is 6.75. The zero-order chi connectivity index (χ0) is 30.2. The van der Waals surface area contributed by atoms with Gasteiger partial charge in [0.2, 0.25) is 10.0 Å². The number of thiophene rings is 1. The number of carbonyl (C=O) groups is 1. The molecule has 0 aliphatic heterocycles. The van der Waals surface area contributed by atoms with E-state index in [0.717, 1.165) is 60.3 Å². The minimum Gasteiger partial charge on any atom is -0.496 e. The van der Waals surface area contributed by atoms with Crippen LogP contribution in [0, 0.1) is 11.6 Å². The molecular weight excluding hydrogens is 639 g/mol. The van der Waals surface area contributed by atoms with Crippen LogP contribution in [0.15, 0.2) is 59.5 Å². The maximum Gasteiger partial charge on any atom is 0.266 e. The number of primary sulfonamides is 1. The number of halogens is 4. The molecule has 1 aliphatic carbocycles. The Hall–Kier alpha value is -2.80. The van der Waals surface area contributed by atoms with Crippen LogP contribution in [0.1, 0.15) is 40.9 Å². The van der Waals surface area contributed by atoms with Gasteiger partial charge >= 0.3 is 0 Å². The van der Waals surface area contributed by atoms with Crippen LogP contribution in [0.5, 0.6) is 5.75 Å². The number of amides is 1. The predicted molar refractivity (Wildman–Crippen MR) is 169 cm³/mol. The maximum absolute atomic E-state index is 14.6. The van der Waals surface area contributed by atoms with Crippen molar-refractivity contribution in [1.29, 1.82) is 0 Å². The number of hydrogen-bond acceptors (Lipinski definition) is 6. The molecule has 0 saturated heterocycles. The minimum absolute atomic E-state index is 0. The van der Waals surface area contributed by atoms with Crippen LogP contribution in [0.4, 0.5) is 8.78 Å². The van der Waals surface area contributed by atoms with Gasteiger partial charge in [-0.3, -0.25) is 4.79 Å². The molecule has 230 valence electrons. The van der Waals surface area contributed by atoms with Gasteiger partial charge in [-0.1, -0.05) is 29.8 Å². The van der Waals surface area contributed by atoms with Gasteiger partial charge in [0.25, 0.3) is 5.91 Å². The summed E-state index contributed by atoms with van der Waals surface area (Å²) in [6.45, 7) is 0.162. The first-order valence-corrected chi connectivity index (χ1v) is 16.1. The summed E-state index contributed by atoms with van der Waals surface area (Å²) in [5.41, 5.74) is 2.24. The first-order valence-electron chi connectivity index (χ1n) is 13.4. The highest BCUT2D eigenvalue weighted by atomic mass is 35.5. The van der Waals surface area contributed by atoms with E-state index in [1.165, 1.54) is 19.2 Å². The lowest BCUT2D eigenvalue weighted by Crippen LogP contribution is -2.44. The van der Waals surface area contributed by atoms with Gasteiger partial charge in [-0.15, -0.1) is 23.7 Å². The Kier molecular flexibility index (Phi) is 10.4. The molecule has 0 atom stereocenters. The number of fused-ring (bicyclic) bond motifs is 1. The van der Waals surface area contributed by atoms with Gasteiger partial charge in [0.05, 0.1) is 27.1 Å². The molecule has 1 aliphatic rings. The molecule has 0 radical (unpaired) electrons. The van der Waals surface area contributed by atoms with Gasteiger partial charge in [0, 0.05) is 24.2 Å². The number of carbonyl (C=O) groups excluding carboxylic acids is 1. The molecule has 0 unspecified atom stereocenters. The second kappa shape index (κ2) is 13.5. The van der Waals surface area contributed by atoms with E-state index in [-0.39, 0.29) is 49.9 Å². The highest BCUT2D eigenvalue weighted by molar-refractivity contribution is 7.89. The molecule has 3 aromatic carbocycles. The molecule has 1 aromatic heterocycles. The fourth-order valence-corrected chi connectivity index (χ4v) is 7.53. The Labute approximate surface area is 264 Å². The van der Waals surface area contributed by atoms with E-state index in [1.807, 2.05) is 19.2 Å². The van der Waals surface area contributed by atoms with Gasteiger partial charge in [-0.05, 0) is 80.3 Å². The van der Waals surface area contributed by atoms with Crippen molar-refractivity contribution in [3.63, 3.8) is 0 Å². The van der Waals surface area contributed by atoms with Crippen molar-refractivity contribution in [1.82, 2.24) is 10.2 Å². The monoisotopic (exact) mass is 669 g/mol. The highest BCUT2D eigenvalue weighted by Crippen LogP contribution is 2.40. The zero-order valence-electron chi connectivity index (χ0n) is 23.4. The van der Waals surface area contributed by atoms with E-state index in [4.69, 9.17) is 21.5 Å². The Morgan fingerprint density at radius 1 is 1.05 bits per heavy atom. The number of nitrogens with one attached hydrogen (secondary N) is 1. The Morgan fingerprint density at radius 2 is 1.67 bits per heavy atom. The molecule has 7 nitrogen and oxygen atoms in total. The third-order valence-electron chi connectivity index (χ3n) is 7.82. The normalized spacial score (nSPS) is 17.0. The smallest absolute Gasteiger partial charge is 0.266 e. The lowest BCUT2D eigenvalue weighted by Gasteiger charge is -2.37. The standard InChI is InChI=1S/C30H30ClF2N3O4S2.ClH/c1-35-20-6-8-21(9-7-20)36(30(37)29-27(31)26-23(32)12-13-24(33)28(26)41-29)16-19-15-18(5-14-25(19)40-2)17-3-10-22(11-4-17)42(34,38)39;/h3-5,10-15,20-21,35H,6-9,16H2,1-2H3,(H2,34,38,39);1H. The van der Waals surface area contributed by atoms with E-state index in [9.17, 15) is 22.0 Å². The molecule has 1 saturated carbocycles. The van der Waals surface area contributed by atoms with Crippen LogP contribution in [0.2, 0.25) is 5.02 Å². The lowest BCUT2D eigenvalue weighted by molar-refractivity contribution is 0.0604. The fourth-order valence-electron chi connectivity index (χ4n) is 5.51. The molecular formula is C30H31Cl2F2N3O4S2. The zero-order valence-corrected chi connectivity index (χ0v) is 26.6. The van der Waals surface area contributed by atoms with Crippen LogP contribution in [0.25, 0.3) is 21.2 Å². The van der Waals surface area contributed by atoms with Crippen LogP contribution < -0.4 is 15.2 Å². The number of nitrogens with two attached hydrogens (primary N) is 1. The summed E-state index contributed by atoms with van der Waals surface area (Å²) in [7, 11) is -0.379. The van der Waals surface area contributed by atoms with Crippen molar-refractivity contribution in [3.8, 4) is 16.9 Å². The number of ether oxygens (including phenoxy) is 1. The number of sulfonamides is 1. The van der Waals surface area contributed by atoms with Crippen molar-refractivity contribution >= 4 is 61.4 Å². The van der Waals surface area contributed by atoms with Crippen molar-refractivity contribution in [2.24, 2.45) is 5.14 Å².